The Hall–Kier alpha value is -3.42. The molecule has 0 saturated carbocycles. The molecule has 1 heteroatoms. The molecule has 0 unspecified atom stereocenters. The molecule has 5 aromatic carbocycles. The van der Waals surface area contributed by atoms with E-state index < -0.39 is 0 Å². The number of rotatable bonds is 1. The molecule has 5 aromatic rings. The molecule has 0 saturated heterocycles. The van der Waals surface area contributed by atoms with Crippen LogP contribution in [-0.4, -0.2) is 0 Å². The quantitative estimate of drug-likeness (QED) is 0.200. The maximum atomic E-state index is 3.98. The number of fused-ring (bicyclic) bond motifs is 3. The van der Waals surface area contributed by atoms with Crippen LogP contribution in [0.15, 0.2) is 108 Å². The maximum absolute atomic E-state index is 3.98. The Kier molecular flexibility index (Phi) is 4.08. The van der Waals surface area contributed by atoms with Crippen LogP contribution in [0.3, 0.4) is 0 Å². The first-order valence-corrected chi connectivity index (χ1v) is 13.6. The van der Waals surface area contributed by atoms with Gasteiger partial charge in [0.1, 0.15) is 0 Å². The fraction of sp³-hybridized carbons (Fsp3) is 0.143. The van der Waals surface area contributed by atoms with Crippen molar-refractivity contribution in [2.45, 2.75) is 31.1 Å². The van der Waals surface area contributed by atoms with Crippen LogP contribution in [0, 0.1) is 0 Å². The zero-order chi connectivity index (χ0) is 24.2. The average Bonchev–Trinajstić information content (AvgIpc) is 3.15. The van der Waals surface area contributed by atoms with Gasteiger partial charge in [0.05, 0.1) is 0 Å². The van der Waals surface area contributed by atoms with E-state index in [0.29, 0.717) is 0 Å². The van der Waals surface area contributed by atoms with Crippen molar-refractivity contribution in [2.24, 2.45) is 0 Å². The van der Waals surface area contributed by atoms with Crippen LogP contribution in [0.4, 0.5) is 0 Å². The first-order chi connectivity index (χ1) is 17.6. The smallest absolute Gasteiger partial charge is 0.0360 e. The van der Waals surface area contributed by atoms with Crippen molar-refractivity contribution >= 4 is 15.9 Å². The first kappa shape index (κ1) is 20.7. The van der Waals surface area contributed by atoms with Crippen molar-refractivity contribution in [2.75, 3.05) is 0 Å². The minimum atomic E-state index is -0.00440. The summed E-state index contributed by atoms with van der Waals surface area (Å²) in [5.74, 6) is 0.519. The lowest BCUT2D eigenvalue weighted by Crippen LogP contribution is -2.28. The second-order valence-electron chi connectivity index (χ2n) is 11.0. The van der Waals surface area contributed by atoms with Crippen molar-refractivity contribution in [3.8, 4) is 22.3 Å². The van der Waals surface area contributed by atoms with Gasteiger partial charge in [0.2, 0.25) is 0 Å². The van der Waals surface area contributed by atoms with E-state index in [-0.39, 0.29) is 17.3 Å². The molecule has 0 atom stereocenters. The summed E-state index contributed by atoms with van der Waals surface area (Å²) in [7, 11) is 0. The molecular formula is C35H25Br. The summed E-state index contributed by atoms with van der Waals surface area (Å²) in [5.41, 5.74) is 17.0. The largest absolute Gasteiger partial charge is 0.0619 e. The molecule has 0 nitrogen and oxygen atoms in total. The minimum absolute atomic E-state index is 0.00440. The van der Waals surface area contributed by atoms with Gasteiger partial charge in [-0.3, -0.25) is 0 Å². The molecule has 0 fully saturated rings. The maximum Gasteiger partial charge on any atom is 0.0360 e. The van der Waals surface area contributed by atoms with Gasteiger partial charge < -0.3 is 0 Å². The van der Waals surface area contributed by atoms with E-state index >= 15 is 0 Å². The summed E-state index contributed by atoms with van der Waals surface area (Å²) >= 11 is 3.98. The van der Waals surface area contributed by atoms with Crippen LogP contribution in [0.25, 0.3) is 22.3 Å². The monoisotopic (exact) mass is 524 g/mol. The summed E-state index contributed by atoms with van der Waals surface area (Å²) in [5, 5.41) is 0. The number of halogens is 1. The Balaban J connectivity index is 1.40. The third-order valence-corrected chi connectivity index (χ3v) is 9.63. The zero-order valence-corrected chi connectivity index (χ0v) is 21.9. The predicted octanol–water partition coefficient (Wildman–Crippen LogP) is 9.41. The van der Waals surface area contributed by atoms with E-state index in [1.54, 1.807) is 0 Å². The fourth-order valence-corrected chi connectivity index (χ4v) is 7.94. The van der Waals surface area contributed by atoms with Crippen LogP contribution >= 0.6 is 15.9 Å². The van der Waals surface area contributed by atoms with Crippen LogP contribution in [0.5, 0.6) is 0 Å². The van der Waals surface area contributed by atoms with E-state index in [1.165, 1.54) is 71.2 Å². The van der Waals surface area contributed by atoms with Crippen molar-refractivity contribution in [1.29, 1.82) is 0 Å². The van der Waals surface area contributed by atoms with Gasteiger partial charge in [0.15, 0.2) is 0 Å². The van der Waals surface area contributed by atoms with Crippen molar-refractivity contribution in [3.63, 3.8) is 0 Å². The van der Waals surface area contributed by atoms with Gasteiger partial charge in [-0.2, -0.15) is 0 Å². The fourth-order valence-electron chi connectivity index (χ4n) is 7.37. The Morgan fingerprint density at radius 2 is 1.06 bits per heavy atom. The third-order valence-electron chi connectivity index (χ3n) is 8.94. The van der Waals surface area contributed by atoms with Gasteiger partial charge >= 0.3 is 0 Å². The summed E-state index contributed by atoms with van der Waals surface area (Å²) in [6.07, 6.45) is 0. The van der Waals surface area contributed by atoms with E-state index in [9.17, 15) is 0 Å². The molecule has 4 aliphatic carbocycles. The third kappa shape index (κ3) is 2.49. The highest BCUT2D eigenvalue weighted by molar-refractivity contribution is 9.10. The minimum Gasteiger partial charge on any atom is -0.0619 e. The topological polar surface area (TPSA) is 0 Å². The Bertz CT molecular complexity index is 1690. The molecule has 2 bridgehead atoms. The van der Waals surface area contributed by atoms with Crippen molar-refractivity contribution in [3.05, 3.63) is 152 Å². The molecule has 0 aromatic heterocycles. The van der Waals surface area contributed by atoms with E-state index in [2.05, 4.69) is 133 Å². The van der Waals surface area contributed by atoms with E-state index in [1.807, 2.05) is 0 Å². The standard InChI is InChI=1S/C35H25Br/c1-35(2)28-14-8-7-9-22(28)23-16-15-20(19-29(23)35)21-17-18-30(36)34-32-26-12-5-3-10-24(26)31(33(21)34)25-11-4-6-13-27(25)32/h3-19,31-32H,1-2H3. The molecule has 0 aliphatic heterocycles. The van der Waals surface area contributed by atoms with Crippen molar-refractivity contribution in [1.82, 2.24) is 0 Å². The highest BCUT2D eigenvalue weighted by Crippen LogP contribution is 2.59. The highest BCUT2D eigenvalue weighted by Gasteiger charge is 2.43. The molecule has 9 rings (SSSR count). The number of benzene rings is 5. The average molecular weight is 525 g/mol. The lowest BCUT2D eigenvalue weighted by Gasteiger charge is -2.43. The van der Waals surface area contributed by atoms with Gasteiger partial charge in [-0.05, 0) is 78.9 Å². The van der Waals surface area contributed by atoms with Gasteiger partial charge in [0.25, 0.3) is 0 Å². The van der Waals surface area contributed by atoms with E-state index in [0.717, 1.165) is 0 Å². The summed E-state index contributed by atoms with van der Waals surface area (Å²) in [6, 6.07) is 38.8. The zero-order valence-electron chi connectivity index (χ0n) is 20.3. The molecule has 0 spiro atoms. The summed E-state index contributed by atoms with van der Waals surface area (Å²) in [4.78, 5) is 0. The Labute approximate surface area is 220 Å². The van der Waals surface area contributed by atoms with Crippen LogP contribution in [0.1, 0.15) is 70.2 Å². The molecule has 0 radical (unpaired) electrons. The molecule has 0 amide bonds. The molecule has 4 aliphatic rings. The Morgan fingerprint density at radius 3 is 1.72 bits per heavy atom. The first-order valence-electron chi connectivity index (χ1n) is 12.8. The van der Waals surface area contributed by atoms with Gasteiger partial charge in [-0.15, -0.1) is 0 Å². The van der Waals surface area contributed by atoms with Gasteiger partial charge in [-0.1, -0.05) is 121 Å². The highest BCUT2D eigenvalue weighted by atomic mass is 79.9. The molecular weight excluding hydrogens is 500 g/mol. The molecule has 0 N–H and O–H groups in total. The number of hydrogen-bond donors (Lipinski definition) is 0. The molecule has 36 heavy (non-hydrogen) atoms. The second kappa shape index (κ2) is 7.08. The molecule has 172 valence electrons. The van der Waals surface area contributed by atoms with Crippen LogP contribution in [-0.2, 0) is 5.41 Å². The van der Waals surface area contributed by atoms with E-state index in [4.69, 9.17) is 0 Å². The lowest BCUT2D eigenvalue weighted by atomic mass is 9.60. The molecule has 0 heterocycles. The number of hydrogen-bond acceptors (Lipinski definition) is 0. The van der Waals surface area contributed by atoms with Gasteiger partial charge in [-0.25, -0.2) is 0 Å². The van der Waals surface area contributed by atoms with Crippen LogP contribution in [0.2, 0.25) is 0 Å². The van der Waals surface area contributed by atoms with Crippen LogP contribution < -0.4 is 0 Å². The van der Waals surface area contributed by atoms with Gasteiger partial charge in [0, 0.05) is 21.7 Å². The predicted molar refractivity (Wildman–Crippen MR) is 152 cm³/mol. The summed E-state index contributed by atoms with van der Waals surface area (Å²) < 4.78 is 1.22. The van der Waals surface area contributed by atoms with Crippen molar-refractivity contribution < 1.29 is 0 Å². The SMILES string of the molecule is CC1(C)c2ccccc2-c2ccc(-c3ccc(Br)c4c3C3c5ccccc5C4c4ccccc43)cc21. The lowest BCUT2D eigenvalue weighted by molar-refractivity contribution is 0.660. The summed E-state index contributed by atoms with van der Waals surface area (Å²) in [6.45, 7) is 4.74. The second-order valence-corrected chi connectivity index (χ2v) is 11.8. The normalized spacial score (nSPS) is 19.2. The Morgan fingerprint density at radius 1 is 0.528 bits per heavy atom.